The van der Waals surface area contributed by atoms with Crippen molar-refractivity contribution in [3.63, 3.8) is 0 Å². The summed E-state index contributed by atoms with van der Waals surface area (Å²) in [5.74, 6) is 0.207. The van der Waals surface area contributed by atoms with Gasteiger partial charge in [0, 0.05) is 42.0 Å². The van der Waals surface area contributed by atoms with Crippen molar-refractivity contribution in [3.05, 3.63) is 52.2 Å². The molecule has 2 amide bonds. The molecule has 1 unspecified atom stereocenters. The standard InChI is InChI=1S/C23H31N3O4S2/c1-16(2)17(3)25-22(27)18-10-12-26(13-11-18)23(28)19-6-8-21(9-7-19)32(29,30)24-15-20-5-4-14-31-20/h4-9,14,16-18,24H,10-13,15H2,1-3H3,(H,25,27). The highest BCUT2D eigenvalue weighted by atomic mass is 32.2. The molecule has 0 bridgehead atoms. The van der Waals surface area contributed by atoms with Crippen LogP contribution in [0.2, 0.25) is 0 Å². The Morgan fingerprint density at radius 3 is 2.31 bits per heavy atom. The van der Waals surface area contributed by atoms with Crippen molar-refractivity contribution in [2.45, 2.75) is 51.1 Å². The Morgan fingerprint density at radius 1 is 1.09 bits per heavy atom. The van der Waals surface area contributed by atoms with Crippen LogP contribution in [-0.4, -0.2) is 44.3 Å². The summed E-state index contributed by atoms with van der Waals surface area (Å²) in [6.45, 7) is 7.40. The summed E-state index contributed by atoms with van der Waals surface area (Å²) in [4.78, 5) is 28.1. The van der Waals surface area contributed by atoms with Gasteiger partial charge >= 0.3 is 0 Å². The van der Waals surface area contributed by atoms with E-state index in [9.17, 15) is 18.0 Å². The van der Waals surface area contributed by atoms with E-state index in [1.54, 1.807) is 17.0 Å². The summed E-state index contributed by atoms with van der Waals surface area (Å²) >= 11 is 1.48. The number of hydrogen-bond acceptors (Lipinski definition) is 5. The van der Waals surface area contributed by atoms with Gasteiger partial charge in [0.15, 0.2) is 0 Å². The molecular weight excluding hydrogens is 446 g/mol. The van der Waals surface area contributed by atoms with Gasteiger partial charge in [-0.25, -0.2) is 13.1 Å². The van der Waals surface area contributed by atoms with Crippen LogP contribution >= 0.6 is 11.3 Å². The monoisotopic (exact) mass is 477 g/mol. The van der Waals surface area contributed by atoms with Crippen molar-refractivity contribution in [2.24, 2.45) is 11.8 Å². The van der Waals surface area contributed by atoms with Crippen molar-refractivity contribution in [1.29, 1.82) is 0 Å². The van der Waals surface area contributed by atoms with Crippen LogP contribution in [0.1, 0.15) is 48.8 Å². The highest BCUT2D eigenvalue weighted by molar-refractivity contribution is 7.89. The lowest BCUT2D eigenvalue weighted by molar-refractivity contribution is -0.127. The van der Waals surface area contributed by atoms with Crippen LogP contribution in [0, 0.1) is 11.8 Å². The molecule has 0 spiro atoms. The third kappa shape index (κ3) is 6.17. The van der Waals surface area contributed by atoms with Gasteiger partial charge in [0.2, 0.25) is 15.9 Å². The molecule has 2 aromatic rings. The molecule has 32 heavy (non-hydrogen) atoms. The number of likely N-dealkylation sites (tertiary alicyclic amines) is 1. The Labute approximate surface area is 194 Å². The van der Waals surface area contributed by atoms with Gasteiger partial charge in [-0.05, 0) is 61.4 Å². The Hall–Kier alpha value is -2.23. The van der Waals surface area contributed by atoms with Crippen LogP contribution in [-0.2, 0) is 21.4 Å². The summed E-state index contributed by atoms with van der Waals surface area (Å²) in [5.41, 5.74) is 0.443. The van der Waals surface area contributed by atoms with Crippen LogP contribution in [0.25, 0.3) is 0 Å². The third-order valence-electron chi connectivity index (χ3n) is 5.95. The minimum atomic E-state index is -3.65. The van der Waals surface area contributed by atoms with Crippen molar-refractivity contribution < 1.29 is 18.0 Å². The average molecular weight is 478 g/mol. The fourth-order valence-corrected chi connectivity index (χ4v) is 5.22. The maximum Gasteiger partial charge on any atom is 0.253 e. The number of carbonyl (C=O) groups excluding carboxylic acids is 2. The van der Waals surface area contributed by atoms with Gasteiger partial charge in [0.05, 0.1) is 4.90 Å². The van der Waals surface area contributed by atoms with E-state index >= 15 is 0 Å². The first-order valence-corrected chi connectivity index (χ1v) is 13.3. The number of sulfonamides is 1. The number of amides is 2. The first kappa shape index (κ1) is 24.4. The number of carbonyl (C=O) groups is 2. The number of nitrogens with zero attached hydrogens (tertiary/aromatic N) is 1. The second-order valence-electron chi connectivity index (χ2n) is 8.54. The summed E-state index contributed by atoms with van der Waals surface area (Å²) in [6.07, 6.45) is 1.25. The number of benzene rings is 1. The number of rotatable bonds is 8. The zero-order valence-corrected chi connectivity index (χ0v) is 20.3. The molecule has 7 nitrogen and oxygen atoms in total. The molecular formula is C23H31N3O4S2. The Morgan fingerprint density at radius 2 is 1.75 bits per heavy atom. The highest BCUT2D eigenvalue weighted by Gasteiger charge is 2.29. The van der Waals surface area contributed by atoms with Gasteiger partial charge in [-0.3, -0.25) is 9.59 Å². The van der Waals surface area contributed by atoms with Crippen LogP contribution in [0.3, 0.4) is 0 Å². The van der Waals surface area contributed by atoms with E-state index < -0.39 is 10.0 Å². The third-order valence-corrected chi connectivity index (χ3v) is 8.24. The zero-order chi connectivity index (χ0) is 23.3. The molecule has 1 atom stereocenters. The van der Waals surface area contributed by atoms with Crippen molar-refractivity contribution in [2.75, 3.05) is 13.1 Å². The minimum Gasteiger partial charge on any atom is -0.353 e. The van der Waals surface area contributed by atoms with Gasteiger partial charge in [-0.1, -0.05) is 19.9 Å². The smallest absolute Gasteiger partial charge is 0.253 e. The quantitative estimate of drug-likeness (QED) is 0.610. The van der Waals surface area contributed by atoms with Crippen molar-refractivity contribution >= 4 is 33.2 Å². The molecule has 1 saturated heterocycles. The van der Waals surface area contributed by atoms with Crippen LogP contribution in [0.5, 0.6) is 0 Å². The van der Waals surface area contributed by atoms with Gasteiger partial charge in [0.1, 0.15) is 0 Å². The van der Waals surface area contributed by atoms with Gasteiger partial charge < -0.3 is 10.2 Å². The molecule has 2 N–H and O–H groups in total. The van der Waals surface area contributed by atoms with E-state index in [-0.39, 0.29) is 35.2 Å². The Balaban J connectivity index is 1.54. The molecule has 1 fully saturated rings. The lowest BCUT2D eigenvalue weighted by atomic mass is 9.94. The molecule has 0 saturated carbocycles. The molecule has 0 aliphatic carbocycles. The molecule has 9 heteroatoms. The molecule has 1 aromatic heterocycles. The molecule has 3 rings (SSSR count). The first-order valence-electron chi connectivity index (χ1n) is 10.9. The molecule has 1 aliphatic rings. The van der Waals surface area contributed by atoms with Crippen molar-refractivity contribution in [3.8, 4) is 0 Å². The topological polar surface area (TPSA) is 95.6 Å². The number of piperidine rings is 1. The fraction of sp³-hybridized carbons (Fsp3) is 0.478. The second-order valence-corrected chi connectivity index (χ2v) is 11.3. The summed E-state index contributed by atoms with van der Waals surface area (Å²) in [5, 5.41) is 4.95. The number of hydrogen-bond donors (Lipinski definition) is 2. The largest absolute Gasteiger partial charge is 0.353 e. The molecule has 0 radical (unpaired) electrons. The van der Waals surface area contributed by atoms with E-state index in [4.69, 9.17) is 0 Å². The molecule has 1 aromatic carbocycles. The zero-order valence-electron chi connectivity index (χ0n) is 18.7. The average Bonchev–Trinajstić information content (AvgIpc) is 3.31. The molecule has 174 valence electrons. The lowest BCUT2D eigenvalue weighted by Gasteiger charge is -2.32. The SMILES string of the molecule is CC(C)C(C)NC(=O)C1CCN(C(=O)c2ccc(S(=O)(=O)NCc3cccs3)cc2)CC1. The van der Waals surface area contributed by atoms with E-state index in [1.165, 1.54) is 23.5 Å². The molecule has 2 heterocycles. The maximum absolute atomic E-state index is 12.8. The van der Waals surface area contributed by atoms with Gasteiger partial charge in [-0.15, -0.1) is 11.3 Å². The lowest BCUT2D eigenvalue weighted by Crippen LogP contribution is -2.45. The normalized spacial score (nSPS) is 16.2. The van der Waals surface area contributed by atoms with Gasteiger partial charge in [-0.2, -0.15) is 0 Å². The Kier molecular flexibility index (Phi) is 8.08. The Bertz CT molecular complexity index is 1010. The van der Waals surface area contributed by atoms with Crippen LogP contribution < -0.4 is 10.0 Å². The van der Waals surface area contributed by atoms with Crippen LogP contribution in [0.15, 0.2) is 46.7 Å². The van der Waals surface area contributed by atoms with E-state index in [0.29, 0.717) is 37.4 Å². The van der Waals surface area contributed by atoms with Gasteiger partial charge in [0.25, 0.3) is 5.91 Å². The fourth-order valence-electron chi connectivity index (χ4n) is 3.48. The van der Waals surface area contributed by atoms with E-state index in [2.05, 4.69) is 23.9 Å². The number of nitrogens with one attached hydrogen (secondary N) is 2. The minimum absolute atomic E-state index is 0.0582. The summed E-state index contributed by atoms with van der Waals surface area (Å²) < 4.78 is 27.6. The highest BCUT2D eigenvalue weighted by Crippen LogP contribution is 2.21. The van der Waals surface area contributed by atoms with Crippen molar-refractivity contribution in [1.82, 2.24) is 14.9 Å². The predicted molar refractivity (Wildman–Crippen MR) is 126 cm³/mol. The molecule has 1 aliphatic heterocycles. The van der Waals surface area contributed by atoms with Crippen LogP contribution in [0.4, 0.5) is 0 Å². The predicted octanol–water partition coefficient (Wildman–Crippen LogP) is 3.24. The second kappa shape index (κ2) is 10.6. The first-order chi connectivity index (χ1) is 15.2. The summed E-state index contributed by atoms with van der Waals surface area (Å²) in [7, 11) is -3.65. The maximum atomic E-state index is 12.8. The summed E-state index contributed by atoms with van der Waals surface area (Å²) in [6, 6.07) is 9.87. The number of thiophene rings is 1. The van der Waals surface area contributed by atoms with E-state index in [1.807, 2.05) is 24.4 Å². The van der Waals surface area contributed by atoms with E-state index in [0.717, 1.165) is 4.88 Å².